The van der Waals surface area contributed by atoms with Crippen LogP contribution in [-0.4, -0.2) is 35.4 Å². The van der Waals surface area contributed by atoms with E-state index in [4.69, 9.17) is 19.3 Å². The van der Waals surface area contributed by atoms with Crippen molar-refractivity contribution in [2.75, 3.05) is 26.1 Å². The fourth-order valence-corrected chi connectivity index (χ4v) is 4.78. The quantitative estimate of drug-likeness (QED) is 0.299. The van der Waals surface area contributed by atoms with Gasteiger partial charge in [0, 0.05) is 11.8 Å². The van der Waals surface area contributed by atoms with E-state index in [9.17, 15) is 0 Å². The molecule has 8 heteroatoms. The van der Waals surface area contributed by atoms with Crippen LogP contribution in [0.1, 0.15) is 13.3 Å². The molecule has 0 radical (unpaired) electrons. The third-order valence-corrected chi connectivity index (χ3v) is 6.43. The second-order valence-corrected chi connectivity index (χ2v) is 8.51. The summed E-state index contributed by atoms with van der Waals surface area (Å²) < 4.78 is 19.7. The molecule has 0 spiro atoms. The van der Waals surface area contributed by atoms with Gasteiger partial charge in [0.05, 0.1) is 36.6 Å². The minimum absolute atomic E-state index is 0.651. The number of benzene rings is 2. The molecule has 1 N–H and O–H groups in total. The van der Waals surface area contributed by atoms with E-state index in [1.165, 1.54) is 0 Å². The first-order chi connectivity index (χ1) is 16.2. The van der Waals surface area contributed by atoms with Crippen molar-refractivity contribution >= 4 is 38.6 Å². The fraction of sp³-hybridized carbons (Fsp3) is 0.200. The van der Waals surface area contributed by atoms with Crippen LogP contribution in [0.5, 0.6) is 17.2 Å². The van der Waals surface area contributed by atoms with Crippen molar-refractivity contribution in [2.24, 2.45) is 0 Å². The number of thiophene rings is 1. The van der Waals surface area contributed by atoms with Gasteiger partial charge in [0.25, 0.3) is 0 Å². The molecule has 3 heterocycles. The van der Waals surface area contributed by atoms with Gasteiger partial charge in [-0.3, -0.25) is 0 Å². The lowest BCUT2D eigenvalue weighted by Gasteiger charge is -2.11. The number of nitrogens with zero attached hydrogens (tertiary/aromatic N) is 3. The summed E-state index contributed by atoms with van der Waals surface area (Å²) in [4.78, 5) is 5.63. The molecule has 7 nitrogen and oxygen atoms in total. The van der Waals surface area contributed by atoms with E-state index in [2.05, 4.69) is 29.4 Å². The lowest BCUT2D eigenvalue weighted by atomic mass is 10.2. The van der Waals surface area contributed by atoms with Crippen LogP contribution in [0.3, 0.4) is 0 Å². The zero-order valence-corrected chi connectivity index (χ0v) is 19.5. The summed E-state index contributed by atoms with van der Waals surface area (Å²) in [5.41, 5.74) is 2.56. The van der Waals surface area contributed by atoms with Gasteiger partial charge in [0.15, 0.2) is 23.0 Å². The summed E-state index contributed by atoms with van der Waals surface area (Å²) in [6.45, 7) is 2.81. The smallest absolute Gasteiger partial charge is 0.162 e. The van der Waals surface area contributed by atoms with Crippen LogP contribution in [0.4, 0.5) is 11.5 Å². The Morgan fingerprint density at radius 3 is 2.67 bits per heavy atom. The molecule has 0 unspecified atom stereocenters. The van der Waals surface area contributed by atoms with Gasteiger partial charge in [0.1, 0.15) is 11.4 Å². The molecule has 0 aliphatic carbocycles. The lowest BCUT2D eigenvalue weighted by molar-refractivity contribution is 0.321. The van der Waals surface area contributed by atoms with Crippen molar-refractivity contribution < 1.29 is 14.2 Å². The molecule has 5 aromatic rings. The van der Waals surface area contributed by atoms with E-state index in [0.29, 0.717) is 23.9 Å². The molecule has 5 rings (SSSR count). The van der Waals surface area contributed by atoms with Gasteiger partial charge in [-0.2, -0.15) is 0 Å². The Hall–Kier alpha value is -3.78. The van der Waals surface area contributed by atoms with E-state index in [-0.39, 0.29) is 0 Å². The maximum atomic E-state index is 5.95. The van der Waals surface area contributed by atoms with E-state index < -0.39 is 0 Å². The second-order valence-electron chi connectivity index (χ2n) is 7.46. The predicted molar refractivity (Wildman–Crippen MR) is 132 cm³/mol. The Balaban J connectivity index is 1.50. The molecule has 3 aromatic heterocycles. The molecule has 0 saturated heterocycles. The van der Waals surface area contributed by atoms with E-state index in [1.54, 1.807) is 25.6 Å². The van der Waals surface area contributed by atoms with Crippen LogP contribution in [0.2, 0.25) is 0 Å². The lowest BCUT2D eigenvalue weighted by Crippen LogP contribution is -2.00. The first-order valence-corrected chi connectivity index (χ1v) is 11.5. The molecule has 0 aliphatic heterocycles. The molecule has 0 aliphatic rings. The third-order valence-electron chi connectivity index (χ3n) is 5.24. The summed E-state index contributed by atoms with van der Waals surface area (Å²) in [6.07, 6.45) is 2.83. The highest BCUT2D eigenvalue weighted by Crippen LogP contribution is 2.39. The maximum Gasteiger partial charge on any atom is 0.162 e. The highest BCUT2D eigenvalue weighted by atomic mass is 32.1. The molecule has 33 heavy (non-hydrogen) atoms. The molecular formula is C25H24N4O3S. The summed E-state index contributed by atoms with van der Waals surface area (Å²) >= 11 is 1.69. The van der Waals surface area contributed by atoms with Gasteiger partial charge in [-0.15, -0.1) is 16.4 Å². The fourth-order valence-electron chi connectivity index (χ4n) is 3.66. The zero-order chi connectivity index (χ0) is 22.8. The van der Waals surface area contributed by atoms with Gasteiger partial charge in [-0.05, 0) is 48.2 Å². The third kappa shape index (κ3) is 4.05. The largest absolute Gasteiger partial charge is 0.493 e. The minimum Gasteiger partial charge on any atom is -0.493 e. The predicted octanol–water partition coefficient (Wildman–Crippen LogP) is 6.16. The number of hydrogen-bond acceptors (Lipinski definition) is 7. The monoisotopic (exact) mass is 460 g/mol. The Labute approximate surface area is 195 Å². The number of rotatable bonds is 8. The first-order valence-electron chi connectivity index (χ1n) is 10.7. The van der Waals surface area contributed by atoms with Gasteiger partial charge in [-0.1, -0.05) is 19.1 Å². The van der Waals surface area contributed by atoms with Crippen LogP contribution < -0.4 is 19.5 Å². The number of fused-ring (bicyclic) bond motifs is 2. The summed E-state index contributed by atoms with van der Waals surface area (Å²) in [5.74, 6) is 2.94. The average Bonchev–Trinajstić information content (AvgIpc) is 3.46. The Morgan fingerprint density at radius 2 is 1.85 bits per heavy atom. The average molecular weight is 461 g/mol. The number of hydrogen-bond donors (Lipinski definition) is 1. The SMILES string of the molecule is CCCOc1cccc2cc(-c3cnc4ccc(Nc5ccc(OC)c(OC)c5)nn34)sc12. The highest BCUT2D eigenvalue weighted by molar-refractivity contribution is 7.22. The summed E-state index contributed by atoms with van der Waals surface area (Å²) in [6, 6.07) is 17.8. The topological polar surface area (TPSA) is 69.9 Å². The van der Waals surface area contributed by atoms with E-state index in [1.807, 2.05) is 53.2 Å². The molecule has 0 fully saturated rings. The molecular weight excluding hydrogens is 436 g/mol. The van der Waals surface area contributed by atoms with E-state index >= 15 is 0 Å². The molecule has 0 amide bonds. The number of anilines is 2. The van der Waals surface area contributed by atoms with Gasteiger partial charge in [0.2, 0.25) is 0 Å². The van der Waals surface area contributed by atoms with Crippen molar-refractivity contribution in [1.29, 1.82) is 0 Å². The van der Waals surface area contributed by atoms with Crippen molar-refractivity contribution in [3.63, 3.8) is 0 Å². The Morgan fingerprint density at radius 1 is 0.970 bits per heavy atom. The maximum absolute atomic E-state index is 5.95. The van der Waals surface area contributed by atoms with Gasteiger partial charge < -0.3 is 19.5 Å². The van der Waals surface area contributed by atoms with E-state index in [0.717, 1.165) is 44.2 Å². The van der Waals surface area contributed by atoms with Crippen LogP contribution in [0, 0.1) is 0 Å². The number of methoxy groups -OCH3 is 2. The van der Waals surface area contributed by atoms with Crippen LogP contribution in [0.25, 0.3) is 26.3 Å². The molecule has 0 atom stereocenters. The minimum atomic E-state index is 0.651. The first kappa shape index (κ1) is 21.1. The Kier molecular flexibility index (Phi) is 5.75. The van der Waals surface area contributed by atoms with Crippen molar-refractivity contribution in [2.45, 2.75) is 13.3 Å². The number of ether oxygens (including phenoxy) is 3. The highest BCUT2D eigenvalue weighted by Gasteiger charge is 2.14. The Bertz CT molecular complexity index is 1430. The number of nitrogens with one attached hydrogen (secondary N) is 1. The number of imidazole rings is 1. The van der Waals surface area contributed by atoms with Gasteiger partial charge >= 0.3 is 0 Å². The van der Waals surface area contributed by atoms with Crippen molar-refractivity contribution in [3.8, 4) is 27.8 Å². The van der Waals surface area contributed by atoms with Gasteiger partial charge in [-0.25, -0.2) is 9.50 Å². The van der Waals surface area contributed by atoms with Crippen LogP contribution >= 0.6 is 11.3 Å². The second kappa shape index (κ2) is 8.99. The number of aromatic nitrogens is 3. The van der Waals surface area contributed by atoms with Crippen LogP contribution in [0.15, 0.2) is 60.8 Å². The molecule has 2 aromatic carbocycles. The summed E-state index contributed by atoms with van der Waals surface area (Å²) in [7, 11) is 3.24. The van der Waals surface area contributed by atoms with Crippen molar-refractivity contribution in [1.82, 2.24) is 14.6 Å². The van der Waals surface area contributed by atoms with Crippen molar-refractivity contribution in [3.05, 3.63) is 60.8 Å². The molecule has 168 valence electrons. The normalized spacial score (nSPS) is 11.1. The van der Waals surface area contributed by atoms with Crippen LogP contribution in [-0.2, 0) is 0 Å². The molecule has 0 bridgehead atoms. The standard InChI is InChI=1S/C25H24N4O3S/c1-4-12-32-20-7-5-6-16-13-22(33-25(16)20)18-15-26-24-11-10-23(28-29(18)24)27-17-8-9-19(30-2)21(14-17)31-3/h5-11,13-15H,4,12H2,1-3H3,(H,27,28). The summed E-state index contributed by atoms with van der Waals surface area (Å²) in [5, 5.41) is 9.28. The molecule has 0 saturated carbocycles. The zero-order valence-electron chi connectivity index (χ0n) is 18.7.